The molecule has 0 spiro atoms. The van der Waals surface area contributed by atoms with Crippen LogP contribution in [0.3, 0.4) is 0 Å². The Labute approximate surface area is 185 Å². The van der Waals surface area contributed by atoms with Gasteiger partial charge in [0.1, 0.15) is 0 Å². The molecule has 4 rings (SSSR count). The Kier molecular flexibility index (Phi) is 6.76. The molecule has 0 aliphatic carbocycles. The Morgan fingerprint density at radius 1 is 0.935 bits per heavy atom. The van der Waals surface area contributed by atoms with Gasteiger partial charge in [-0.15, -0.1) is 0 Å². The van der Waals surface area contributed by atoms with Crippen molar-refractivity contribution in [2.75, 3.05) is 0 Å². The summed E-state index contributed by atoms with van der Waals surface area (Å²) in [5.74, 6) is 0. The second kappa shape index (κ2) is 9.69. The van der Waals surface area contributed by atoms with E-state index in [9.17, 15) is 5.11 Å². The van der Waals surface area contributed by atoms with Crippen LogP contribution in [-0.4, -0.2) is 20.0 Å². The SMILES string of the molecule is Cc1cccnc1C1CCCC(c2ncccc2C)N1Cc1ccc(CN)cc1CO. The van der Waals surface area contributed by atoms with Gasteiger partial charge >= 0.3 is 0 Å². The molecule has 5 heteroatoms. The van der Waals surface area contributed by atoms with Gasteiger partial charge in [-0.05, 0) is 73.1 Å². The lowest BCUT2D eigenvalue weighted by atomic mass is 9.88. The van der Waals surface area contributed by atoms with Crippen molar-refractivity contribution in [1.82, 2.24) is 14.9 Å². The number of aliphatic hydroxyl groups excluding tert-OH is 1. The van der Waals surface area contributed by atoms with Gasteiger partial charge in [0.25, 0.3) is 0 Å². The average molecular weight is 417 g/mol. The highest BCUT2D eigenvalue weighted by Crippen LogP contribution is 2.43. The number of pyridine rings is 2. The fourth-order valence-electron chi connectivity index (χ4n) is 4.86. The number of benzene rings is 1. The Hall–Kier alpha value is -2.60. The Balaban J connectivity index is 1.78. The molecule has 31 heavy (non-hydrogen) atoms. The van der Waals surface area contributed by atoms with Crippen molar-refractivity contribution in [2.24, 2.45) is 5.73 Å². The minimum absolute atomic E-state index is 0.0115. The van der Waals surface area contributed by atoms with Crippen LogP contribution in [0.15, 0.2) is 54.9 Å². The zero-order valence-corrected chi connectivity index (χ0v) is 18.5. The van der Waals surface area contributed by atoms with Crippen LogP contribution >= 0.6 is 0 Å². The number of aliphatic hydroxyl groups is 1. The van der Waals surface area contributed by atoms with E-state index in [1.165, 1.54) is 11.1 Å². The molecule has 2 atom stereocenters. The minimum atomic E-state index is 0.0115. The first kappa shape index (κ1) is 21.6. The van der Waals surface area contributed by atoms with Crippen molar-refractivity contribution < 1.29 is 5.11 Å². The van der Waals surface area contributed by atoms with Gasteiger partial charge in [-0.2, -0.15) is 0 Å². The van der Waals surface area contributed by atoms with Gasteiger partial charge in [0, 0.05) is 25.5 Å². The molecule has 0 radical (unpaired) electrons. The summed E-state index contributed by atoms with van der Waals surface area (Å²) in [6.45, 7) is 5.51. The summed E-state index contributed by atoms with van der Waals surface area (Å²) in [4.78, 5) is 12.1. The lowest BCUT2D eigenvalue weighted by molar-refractivity contribution is 0.0672. The maximum atomic E-state index is 10.0. The number of hydrogen-bond acceptors (Lipinski definition) is 5. The summed E-state index contributed by atoms with van der Waals surface area (Å²) in [6, 6.07) is 14.9. The number of rotatable bonds is 6. The molecule has 5 nitrogen and oxygen atoms in total. The molecule has 3 aromatic rings. The first-order valence-corrected chi connectivity index (χ1v) is 11.1. The highest BCUT2D eigenvalue weighted by atomic mass is 16.3. The fraction of sp³-hybridized carbons (Fsp3) is 0.385. The molecule has 1 aliphatic heterocycles. The molecule has 162 valence electrons. The van der Waals surface area contributed by atoms with Crippen molar-refractivity contribution in [1.29, 1.82) is 0 Å². The molecule has 1 fully saturated rings. The summed E-state index contributed by atoms with van der Waals surface area (Å²) in [6.07, 6.45) is 7.05. The van der Waals surface area contributed by atoms with E-state index in [2.05, 4.69) is 43.0 Å². The van der Waals surface area contributed by atoms with Crippen LogP contribution in [0.4, 0.5) is 0 Å². The van der Waals surface area contributed by atoms with E-state index in [0.29, 0.717) is 6.54 Å². The van der Waals surface area contributed by atoms with Gasteiger partial charge in [0.2, 0.25) is 0 Å². The molecular weight excluding hydrogens is 384 g/mol. The van der Waals surface area contributed by atoms with Crippen LogP contribution in [0.5, 0.6) is 0 Å². The lowest BCUT2D eigenvalue weighted by Gasteiger charge is -2.43. The second-order valence-electron chi connectivity index (χ2n) is 8.51. The van der Waals surface area contributed by atoms with Gasteiger partial charge in [-0.1, -0.05) is 30.3 Å². The number of aromatic nitrogens is 2. The quantitative estimate of drug-likeness (QED) is 0.618. The molecule has 0 bridgehead atoms. The van der Waals surface area contributed by atoms with Crippen LogP contribution in [0, 0.1) is 13.8 Å². The fourth-order valence-corrected chi connectivity index (χ4v) is 4.86. The van der Waals surface area contributed by atoms with E-state index in [1.54, 1.807) is 0 Å². The van der Waals surface area contributed by atoms with Crippen molar-refractivity contribution >= 4 is 0 Å². The van der Waals surface area contributed by atoms with Crippen LogP contribution in [0.1, 0.15) is 70.6 Å². The number of aryl methyl sites for hydroxylation is 2. The maximum Gasteiger partial charge on any atom is 0.0685 e. The topological polar surface area (TPSA) is 75.3 Å². The van der Waals surface area contributed by atoms with Gasteiger partial charge in [-0.25, -0.2) is 0 Å². The maximum absolute atomic E-state index is 10.0. The molecule has 1 aromatic carbocycles. The molecule has 0 amide bonds. The lowest BCUT2D eigenvalue weighted by Crippen LogP contribution is -2.37. The number of nitrogens with zero attached hydrogens (tertiary/aromatic N) is 3. The van der Waals surface area contributed by atoms with E-state index >= 15 is 0 Å². The van der Waals surface area contributed by atoms with E-state index in [-0.39, 0.29) is 18.7 Å². The normalized spacial score (nSPS) is 19.5. The van der Waals surface area contributed by atoms with Crippen LogP contribution in [0.25, 0.3) is 0 Å². The van der Waals surface area contributed by atoms with Crippen LogP contribution < -0.4 is 5.73 Å². The molecule has 2 unspecified atom stereocenters. The van der Waals surface area contributed by atoms with Crippen molar-refractivity contribution in [3.63, 3.8) is 0 Å². The zero-order valence-electron chi connectivity index (χ0n) is 18.5. The van der Waals surface area contributed by atoms with Gasteiger partial charge in [0.15, 0.2) is 0 Å². The number of nitrogens with two attached hydrogens (primary N) is 1. The van der Waals surface area contributed by atoms with E-state index in [0.717, 1.165) is 53.9 Å². The monoisotopic (exact) mass is 416 g/mol. The first-order valence-electron chi connectivity index (χ1n) is 11.1. The first-order chi connectivity index (χ1) is 15.1. The predicted molar refractivity (Wildman–Crippen MR) is 123 cm³/mol. The standard InChI is InChI=1S/C26H32N4O/c1-18-6-4-12-28-25(18)23-8-3-9-24(26-19(2)7-5-13-29-26)30(23)16-21-11-10-20(15-27)14-22(21)17-31/h4-7,10-14,23-24,31H,3,8-9,15-17,27H2,1-2H3. The summed E-state index contributed by atoms with van der Waals surface area (Å²) in [7, 11) is 0. The third-order valence-corrected chi connectivity index (χ3v) is 6.52. The Bertz CT molecular complexity index is 982. The number of piperidine rings is 1. The number of likely N-dealkylation sites (tertiary alicyclic amines) is 1. The molecule has 2 aromatic heterocycles. The molecule has 1 aliphatic rings. The highest BCUT2D eigenvalue weighted by Gasteiger charge is 2.35. The van der Waals surface area contributed by atoms with Crippen molar-refractivity contribution in [2.45, 2.75) is 64.9 Å². The Morgan fingerprint density at radius 2 is 1.55 bits per heavy atom. The summed E-state index contributed by atoms with van der Waals surface area (Å²) < 4.78 is 0. The van der Waals surface area contributed by atoms with Crippen LogP contribution in [-0.2, 0) is 19.7 Å². The molecule has 3 N–H and O–H groups in total. The summed E-state index contributed by atoms with van der Waals surface area (Å²) in [5, 5.41) is 10.0. The van der Waals surface area contributed by atoms with Gasteiger partial charge < -0.3 is 10.8 Å². The van der Waals surface area contributed by atoms with E-state index in [1.807, 2.05) is 30.6 Å². The molecule has 1 saturated heterocycles. The largest absolute Gasteiger partial charge is 0.392 e. The Morgan fingerprint density at radius 3 is 2.06 bits per heavy atom. The van der Waals surface area contributed by atoms with Crippen molar-refractivity contribution in [3.8, 4) is 0 Å². The minimum Gasteiger partial charge on any atom is -0.392 e. The van der Waals surface area contributed by atoms with Gasteiger partial charge in [-0.3, -0.25) is 14.9 Å². The predicted octanol–water partition coefficient (Wildman–Crippen LogP) is 4.51. The van der Waals surface area contributed by atoms with E-state index < -0.39 is 0 Å². The third kappa shape index (κ3) is 4.54. The van der Waals surface area contributed by atoms with Crippen LogP contribution in [0.2, 0.25) is 0 Å². The molecular formula is C26H32N4O. The number of hydrogen-bond donors (Lipinski definition) is 2. The summed E-state index contributed by atoms with van der Waals surface area (Å²) >= 11 is 0. The zero-order chi connectivity index (χ0) is 21.8. The third-order valence-electron chi connectivity index (χ3n) is 6.52. The van der Waals surface area contributed by atoms with Crippen molar-refractivity contribution in [3.05, 3.63) is 94.1 Å². The molecule has 0 saturated carbocycles. The molecule has 3 heterocycles. The highest BCUT2D eigenvalue weighted by molar-refractivity contribution is 5.33. The average Bonchev–Trinajstić information content (AvgIpc) is 2.80. The smallest absolute Gasteiger partial charge is 0.0685 e. The summed E-state index contributed by atoms with van der Waals surface area (Å²) in [5.41, 5.74) is 13.7. The second-order valence-corrected chi connectivity index (χ2v) is 8.51. The van der Waals surface area contributed by atoms with Gasteiger partial charge in [0.05, 0.1) is 30.1 Å². The van der Waals surface area contributed by atoms with E-state index in [4.69, 9.17) is 15.7 Å².